The molecule has 0 bridgehead atoms. The molecule has 0 radical (unpaired) electrons. The number of aliphatic hydroxyl groups excluding tert-OH is 1. The second-order valence-electron chi connectivity index (χ2n) is 15.4. The van der Waals surface area contributed by atoms with Crippen LogP contribution < -0.4 is 0 Å². The summed E-state index contributed by atoms with van der Waals surface area (Å²) in [6.07, 6.45) is 4.91. The molecule has 0 aromatic carbocycles. The summed E-state index contributed by atoms with van der Waals surface area (Å²) in [5, 5.41) is 22.9. The van der Waals surface area contributed by atoms with E-state index in [0.717, 1.165) is 32.1 Å². The van der Waals surface area contributed by atoms with Gasteiger partial charge in [0.2, 0.25) is 0 Å². The van der Waals surface area contributed by atoms with Crippen LogP contribution in [0.1, 0.15) is 107 Å². The molecular weight excluding hydrogens is 524 g/mol. The summed E-state index contributed by atoms with van der Waals surface area (Å²) in [6.45, 7) is 14.7. The molecule has 0 amide bonds. The average Bonchev–Trinajstić information content (AvgIpc) is 3.45. The summed E-state index contributed by atoms with van der Waals surface area (Å²) >= 11 is 0. The first kappa shape index (κ1) is 30.9. The Morgan fingerprint density at radius 1 is 1.07 bits per heavy atom. The largest absolute Gasteiger partial charge is 0.465 e. The maximum Gasteiger partial charge on any atom is 0.303 e. The first-order valence-electron chi connectivity index (χ1n) is 15.9. The summed E-state index contributed by atoms with van der Waals surface area (Å²) in [6, 6.07) is 0. The zero-order valence-corrected chi connectivity index (χ0v) is 26.3. The maximum absolute atomic E-state index is 12.5. The molecule has 1 heterocycles. The van der Waals surface area contributed by atoms with Crippen molar-refractivity contribution >= 4 is 17.7 Å². The topological polar surface area (TPSA) is 123 Å². The van der Waals surface area contributed by atoms with Crippen molar-refractivity contribution in [2.24, 2.45) is 46.3 Å². The minimum Gasteiger partial charge on any atom is -0.465 e. The highest BCUT2D eigenvalue weighted by atomic mass is 16.7. The van der Waals surface area contributed by atoms with Crippen LogP contribution in [0.3, 0.4) is 0 Å². The molecule has 5 rings (SSSR count). The van der Waals surface area contributed by atoms with Gasteiger partial charge in [-0.1, -0.05) is 20.8 Å². The molecule has 4 aliphatic carbocycles. The Morgan fingerprint density at radius 2 is 1.76 bits per heavy atom. The molecule has 2 N–H and O–H groups in total. The second kappa shape index (κ2) is 10.0. The van der Waals surface area contributed by atoms with Crippen LogP contribution in [0, 0.1) is 46.3 Å². The maximum atomic E-state index is 12.5. The van der Waals surface area contributed by atoms with Crippen molar-refractivity contribution in [3.8, 4) is 0 Å². The molecule has 4 saturated carbocycles. The van der Waals surface area contributed by atoms with Gasteiger partial charge in [0.25, 0.3) is 0 Å². The van der Waals surface area contributed by atoms with Crippen LogP contribution in [-0.2, 0) is 28.6 Å². The molecule has 232 valence electrons. The van der Waals surface area contributed by atoms with Crippen LogP contribution in [0.15, 0.2) is 0 Å². The van der Waals surface area contributed by atoms with E-state index >= 15 is 0 Å². The minimum absolute atomic E-state index is 0.0767. The Morgan fingerprint density at radius 3 is 2.37 bits per heavy atom. The number of Topliss-reactive ketones (excluding diaryl/α,β-unsaturated/α-hetero) is 1. The van der Waals surface area contributed by atoms with Gasteiger partial charge in [0, 0.05) is 38.0 Å². The van der Waals surface area contributed by atoms with Gasteiger partial charge in [-0.15, -0.1) is 0 Å². The number of rotatable bonds is 7. The highest BCUT2D eigenvalue weighted by Crippen LogP contribution is 2.77. The van der Waals surface area contributed by atoms with E-state index in [9.17, 15) is 24.6 Å². The fourth-order valence-electron chi connectivity index (χ4n) is 10.8. The summed E-state index contributed by atoms with van der Waals surface area (Å²) < 4.78 is 18.6. The Labute approximate surface area is 245 Å². The smallest absolute Gasteiger partial charge is 0.303 e. The lowest BCUT2D eigenvalue weighted by Crippen LogP contribution is -2.60. The summed E-state index contributed by atoms with van der Waals surface area (Å²) in [5.41, 5.74) is -3.61. The number of hydrogen-bond donors (Lipinski definition) is 2. The van der Waals surface area contributed by atoms with E-state index in [2.05, 4.69) is 6.92 Å². The van der Waals surface area contributed by atoms with Crippen molar-refractivity contribution in [3.05, 3.63) is 0 Å². The number of ether oxygens (including phenoxy) is 3. The Kier molecular flexibility index (Phi) is 7.56. The molecule has 0 aromatic heterocycles. The van der Waals surface area contributed by atoms with Crippen molar-refractivity contribution in [1.82, 2.24) is 0 Å². The fourth-order valence-corrected chi connectivity index (χ4v) is 10.8. The van der Waals surface area contributed by atoms with E-state index in [1.54, 1.807) is 13.8 Å². The summed E-state index contributed by atoms with van der Waals surface area (Å²) in [4.78, 5) is 37.0. The Balaban J connectivity index is 1.55. The van der Waals surface area contributed by atoms with E-state index in [1.807, 2.05) is 20.8 Å². The molecule has 12 atom stereocenters. The predicted molar refractivity (Wildman–Crippen MR) is 151 cm³/mol. The number of esters is 2. The monoisotopic (exact) mass is 576 g/mol. The minimum atomic E-state index is -1.04. The zero-order chi connectivity index (χ0) is 30.3. The summed E-state index contributed by atoms with van der Waals surface area (Å²) in [5.74, 6) is 0.340. The zero-order valence-electron chi connectivity index (χ0n) is 26.3. The normalized spacial score (nSPS) is 45.6. The average molecular weight is 577 g/mol. The van der Waals surface area contributed by atoms with Crippen LogP contribution in [0.5, 0.6) is 0 Å². The molecule has 12 unspecified atom stereocenters. The number of hydrogen-bond acceptors (Lipinski definition) is 8. The number of carbonyl (C=O) groups is 3. The molecule has 5 aliphatic rings. The molecule has 8 heteroatoms. The Hall–Kier alpha value is -1.51. The van der Waals surface area contributed by atoms with Crippen LogP contribution in [0.4, 0.5) is 0 Å². The molecule has 1 spiro atoms. The first-order chi connectivity index (χ1) is 18.9. The molecule has 1 aliphatic heterocycles. The highest BCUT2D eigenvalue weighted by Gasteiger charge is 2.88. The van der Waals surface area contributed by atoms with E-state index in [1.165, 1.54) is 13.8 Å². The molecular formula is C33H52O8. The van der Waals surface area contributed by atoms with E-state index in [4.69, 9.17) is 14.2 Å². The van der Waals surface area contributed by atoms with E-state index < -0.39 is 40.4 Å². The predicted octanol–water partition coefficient (Wildman–Crippen LogP) is 4.61. The third-order valence-corrected chi connectivity index (χ3v) is 13.2. The van der Waals surface area contributed by atoms with Crippen LogP contribution in [0.2, 0.25) is 0 Å². The Bertz CT molecular complexity index is 1080. The van der Waals surface area contributed by atoms with Gasteiger partial charge in [0.1, 0.15) is 29.7 Å². The third-order valence-electron chi connectivity index (χ3n) is 13.2. The molecule has 41 heavy (non-hydrogen) atoms. The van der Waals surface area contributed by atoms with Gasteiger partial charge in [0.05, 0.1) is 11.7 Å². The number of fused-ring (bicyclic) bond motifs is 6. The molecule has 5 fully saturated rings. The van der Waals surface area contributed by atoms with Crippen molar-refractivity contribution in [2.45, 2.75) is 136 Å². The lowest BCUT2D eigenvalue weighted by molar-refractivity contribution is -0.164. The van der Waals surface area contributed by atoms with Gasteiger partial charge in [-0.05, 0) is 94.3 Å². The number of epoxide rings is 1. The SMILES string of the molecule is CC(=O)OCC12CCC3C(CCC4CC(=O)CCC43C)C1CC(O)C21OC1(C)C(OC(C)=O)C(C)C(C)C(C)(C)O. The third kappa shape index (κ3) is 4.44. The van der Waals surface area contributed by atoms with Crippen molar-refractivity contribution in [3.63, 3.8) is 0 Å². The molecule has 8 nitrogen and oxygen atoms in total. The van der Waals surface area contributed by atoms with Gasteiger partial charge in [0.15, 0.2) is 0 Å². The van der Waals surface area contributed by atoms with Crippen molar-refractivity contribution in [1.29, 1.82) is 0 Å². The van der Waals surface area contributed by atoms with Gasteiger partial charge in [-0.25, -0.2) is 0 Å². The standard InChI is InChI=1S/C33H52O8/c1-18(19(2)29(5,6)38)28(40-21(4)35)31(8)33(41-31)27(37)16-26-24-10-9-22-15-23(36)11-13-30(22,7)25(24)12-14-32(26,33)17-39-20(3)34/h18-19,22,24-28,37-38H,9-17H2,1-8H3. The second-order valence-corrected chi connectivity index (χ2v) is 15.4. The first-order valence-corrected chi connectivity index (χ1v) is 15.9. The highest BCUT2D eigenvalue weighted by molar-refractivity contribution is 5.79. The fraction of sp³-hybridized carbons (Fsp3) is 0.909. The van der Waals surface area contributed by atoms with Gasteiger partial charge in [-0.2, -0.15) is 0 Å². The summed E-state index contributed by atoms with van der Waals surface area (Å²) in [7, 11) is 0. The van der Waals surface area contributed by atoms with Crippen LogP contribution in [-0.4, -0.2) is 63.6 Å². The number of ketones is 1. The van der Waals surface area contributed by atoms with Crippen molar-refractivity contribution in [2.75, 3.05) is 6.61 Å². The van der Waals surface area contributed by atoms with Gasteiger partial charge in [-0.3, -0.25) is 14.4 Å². The van der Waals surface area contributed by atoms with Crippen LogP contribution >= 0.6 is 0 Å². The molecule has 1 saturated heterocycles. The lowest BCUT2D eigenvalue weighted by atomic mass is 9.44. The van der Waals surface area contributed by atoms with Crippen molar-refractivity contribution < 1.29 is 38.8 Å². The molecule has 0 aromatic rings. The van der Waals surface area contributed by atoms with Crippen LogP contribution in [0.25, 0.3) is 0 Å². The van der Waals surface area contributed by atoms with Gasteiger partial charge >= 0.3 is 11.9 Å². The van der Waals surface area contributed by atoms with Gasteiger partial charge < -0.3 is 24.4 Å². The number of aliphatic hydroxyl groups is 2. The quantitative estimate of drug-likeness (QED) is 0.333. The van der Waals surface area contributed by atoms with E-state index in [-0.39, 0.29) is 35.7 Å². The van der Waals surface area contributed by atoms with E-state index in [0.29, 0.717) is 42.8 Å². The lowest BCUT2D eigenvalue weighted by Gasteiger charge is -2.60. The number of carbonyl (C=O) groups excluding carboxylic acids is 3.